The summed E-state index contributed by atoms with van der Waals surface area (Å²) in [6.45, 7) is 0.929. The molecule has 11 heavy (non-hydrogen) atoms. The van der Waals surface area contributed by atoms with Crippen molar-refractivity contribution in [2.24, 2.45) is 5.73 Å². The summed E-state index contributed by atoms with van der Waals surface area (Å²) in [5, 5.41) is -1.32. The van der Waals surface area contributed by atoms with E-state index in [0.717, 1.165) is 0 Å². The molecule has 0 spiro atoms. The van der Waals surface area contributed by atoms with E-state index in [1.807, 2.05) is 0 Å². The van der Waals surface area contributed by atoms with Crippen molar-refractivity contribution in [3.8, 4) is 0 Å². The van der Waals surface area contributed by atoms with Crippen molar-refractivity contribution >= 4 is 16.1 Å². The van der Waals surface area contributed by atoms with Crippen molar-refractivity contribution < 1.29 is 17.8 Å². The normalized spacial score (nSPS) is 13.7. The van der Waals surface area contributed by atoms with Crippen LogP contribution in [-0.4, -0.2) is 30.7 Å². The highest BCUT2D eigenvalue weighted by Crippen LogP contribution is 2.05. The molecule has 64 valence electrons. The van der Waals surface area contributed by atoms with Crippen LogP contribution in [0, 0.1) is 0 Å². The van der Waals surface area contributed by atoms with Gasteiger partial charge < -0.3 is 5.73 Å². The van der Waals surface area contributed by atoms with E-state index < -0.39 is 15.4 Å². The van der Waals surface area contributed by atoms with E-state index in [2.05, 4.69) is 0 Å². The average Bonchev–Trinajstić information content (AvgIpc) is 1.86. The van der Waals surface area contributed by atoms with E-state index in [1.54, 1.807) is 0 Å². The summed E-state index contributed by atoms with van der Waals surface area (Å²) in [5.74, 6) is 1.37. The fourth-order valence-corrected chi connectivity index (χ4v) is 1.33. The second-order valence-corrected chi connectivity index (χ2v) is 3.62. The highest BCUT2D eigenvalue weighted by atomic mass is 32.2. The first-order valence-electron chi connectivity index (χ1n) is 2.81. The SMILES string of the molecule is CC(=C=O)C(CN)S(=O)(=O)O. The molecular weight excluding hydrogens is 170 g/mol. The van der Waals surface area contributed by atoms with Crippen molar-refractivity contribution in [2.45, 2.75) is 12.2 Å². The maximum atomic E-state index is 10.4. The number of hydrogen-bond acceptors (Lipinski definition) is 4. The molecule has 1 atom stereocenters. The third kappa shape index (κ3) is 2.81. The summed E-state index contributed by atoms with van der Waals surface area (Å²) in [6, 6.07) is 0. The van der Waals surface area contributed by atoms with E-state index in [4.69, 9.17) is 10.3 Å². The second kappa shape index (κ2) is 3.64. The molecule has 0 heterocycles. The van der Waals surface area contributed by atoms with Crippen LogP contribution in [0.3, 0.4) is 0 Å². The predicted molar refractivity (Wildman–Crippen MR) is 39.3 cm³/mol. The van der Waals surface area contributed by atoms with Gasteiger partial charge in [-0.2, -0.15) is 8.42 Å². The Morgan fingerprint density at radius 3 is 2.27 bits per heavy atom. The molecule has 0 aliphatic heterocycles. The first-order valence-corrected chi connectivity index (χ1v) is 4.31. The van der Waals surface area contributed by atoms with E-state index in [-0.39, 0.29) is 12.1 Å². The maximum Gasteiger partial charge on any atom is 0.273 e. The van der Waals surface area contributed by atoms with Gasteiger partial charge in [0.1, 0.15) is 11.2 Å². The molecule has 0 aromatic carbocycles. The average molecular weight is 179 g/mol. The number of hydrogen-bond donors (Lipinski definition) is 2. The van der Waals surface area contributed by atoms with Gasteiger partial charge in [-0.25, -0.2) is 4.79 Å². The van der Waals surface area contributed by atoms with Crippen molar-refractivity contribution in [2.75, 3.05) is 6.54 Å². The molecule has 0 bridgehead atoms. The van der Waals surface area contributed by atoms with Crippen LogP contribution in [0.15, 0.2) is 5.57 Å². The van der Waals surface area contributed by atoms with Gasteiger partial charge in [0.2, 0.25) is 0 Å². The smallest absolute Gasteiger partial charge is 0.273 e. The summed E-state index contributed by atoms with van der Waals surface area (Å²) >= 11 is 0. The monoisotopic (exact) mass is 179 g/mol. The van der Waals surface area contributed by atoms with Gasteiger partial charge >= 0.3 is 0 Å². The Labute approximate surface area is 64.6 Å². The molecule has 0 aliphatic rings. The van der Waals surface area contributed by atoms with Crippen LogP contribution < -0.4 is 5.73 Å². The molecule has 0 rings (SSSR count). The molecule has 3 N–H and O–H groups in total. The number of carbonyl (C=O) groups excluding carboxylic acids is 1. The maximum absolute atomic E-state index is 10.4. The van der Waals surface area contributed by atoms with Gasteiger partial charge in [0.05, 0.1) is 0 Å². The summed E-state index contributed by atoms with van der Waals surface area (Å²) in [4.78, 5) is 9.96. The van der Waals surface area contributed by atoms with Crippen LogP contribution in [0.5, 0.6) is 0 Å². The molecule has 0 aromatic rings. The van der Waals surface area contributed by atoms with Crippen LogP contribution in [0.2, 0.25) is 0 Å². The van der Waals surface area contributed by atoms with Gasteiger partial charge in [0.15, 0.2) is 0 Å². The van der Waals surface area contributed by atoms with Gasteiger partial charge in [-0.1, -0.05) is 0 Å². The zero-order chi connectivity index (χ0) is 9.07. The van der Waals surface area contributed by atoms with Gasteiger partial charge in [-0.15, -0.1) is 0 Å². The summed E-state index contributed by atoms with van der Waals surface area (Å²) < 4.78 is 29.3. The summed E-state index contributed by atoms with van der Waals surface area (Å²) in [5.41, 5.74) is 4.88. The first kappa shape index (κ1) is 10.3. The number of rotatable bonds is 3. The lowest BCUT2D eigenvalue weighted by molar-refractivity contribution is 0.473. The largest absolute Gasteiger partial charge is 0.329 e. The fourth-order valence-electron chi connectivity index (χ4n) is 0.587. The molecule has 0 aromatic heterocycles. The zero-order valence-electron chi connectivity index (χ0n) is 5.94. The van der Waals surface area contributed by atoms with E-state index in [0.29, 0.717) is 0 Å². The van der Waals surface area contributed by atoms with Crippen LogP contribution in [-0.2, 0) is 14.9 Å². The highest BCUT2D eigenvalue weighted by Gasteiger charge is 2.23. The lowest BCUT2D eigenvalue weighted by Gasteiger charge is -2.07. The molecule has 0 saturated heterocycles. The Balaban J connectivity index is 4.86. The Morgan fingerprint density at radius 2 is 2.18 bits per heavy atom. The molecule has 1 unspecified atom stereocenters. The van der Waals surface area contributed by atoms with Crippen LogP contribution in [0.4, 0.5) is 0 Å². The van der Waals surface area contributed by atoms with Crippen LogP contribution in [0.25, 0.3) is 0 Å². The Morgan fingerprint density at radius 1 is 1.73 bits per heavy atom. The molecular formula is C5H9NO4S. The molecule has 0 fully saturated rings. The number of nitrogens with two attached hydrogens (primary N) is 1. The predicted octanol–water partition coefficient (Wildman–Crippen LogP) is -1.02. The quantitative estimate of drug-likeness (QED) is 0.427. The minimum Gasteiger partial charge on any atom is -0.329 e. The van der Waals surface area contributed by atoms with Gasteiger partial charge in [0, 0.05) is 12.1 Å². The van der Waals surface area contributed by atoms with Crippen molar-refractivity contribution in [1.82, 2.24) is 0 Å². The molecule has 5 nitrogen and oxygen atoms in total. The molecule has 0 amide bonds. The van der Waals surface area contributed by atoms with Gasteiger partial charge in [-0.05, 0) is 6.92 Å². The third-order valence-corrected chi connectivity index (χ3v) is 2.48. The zero-order valence-corrected chi connectivity index (χ0v) is 6.76. The van der Waals surface area contributed by atoms with E-state index >= 15 is 0 Å². The topological polar surface area (TPSA) is 97.5 Å². The minimum atomic E-state index is -4.25. The van der Waals surface area contributed by atoms with Crippen molar-refractivity contribution in [1.29, 1.82) is 0 Å². The fraction of sp³-hybridized carbons (Fsp3) is 0.600. The highest BCUT2D eigenvalue weighted by molar-refractivity contribution is 7.86. The molecule has 0 saturated carbocycles. The van der Waals surface area contributed by atoms with Gasteiger partial charge in [-0.3, -0.25) is 4.55 Å². The Hall–Kier alpha value is -0.680. The van der Waals surface area contributed by atoms with Gasteiger partial charge in [0.25, 0.3) is 10.1 Å². The van der Waals surface area contributed by atoms with Crippen molar-refractivity contribution in [3.63, 3.8) is 0 Å². The molecule has 0 aliphatic carbocycles. The Kier molecular flexibility index (Phi) is 3.41. The minimum absolute atomic E-state index is 0.116. The Bertz CT molecular complexity index is 275. The second-order valence-electron chi connectivity index (χ2n) is 2.02. The van der Waals surface area contributed by atoms with Crippen molar-refractivity contribution in [3.05, 3.63) is 5.57 Å². The summed E-state index contributed by atoms with van der Waals surface area (Å²) in [7, 11) is -4.25. The third-order valence-electron chi connectivity index (χ3n) is 1.22. The van der Waals surface area contributed by atoms with E-state index in [1.165, 1.54) is 12.9 Å². The molecule has 6 heteroatoms. The summed E-state index contributed by atoms with van der Waals surface area (Å²) in [6.07, 6.45) is 0. The van der Waals surface area contributed by atoms with Crippen LogP contribution in [0.1, 0.15) is 6.92 Å². The first-order chi connectivity index (χ1) is 4.93. The molecule has 0 radical (unpaired) electrons. The van der Waals surface area contributed by atoms with E-state index in [9.17, 15) is 13.2 Å². The standard InChI is InChI=1S/C5H9NO4S/c1-4(3-7)5(2-6)11(8,9)10/h5H,2,6H2,1H3,(H,8,9,10). The lowest BCUT2D eigenvalue weighted by Crippen LogP contribution is -2.30. The van der Waals surface area contributed by atoms with Crippen LogP contribution >= 0.6 is 0 Å². The lowest BCUT2D eigenvalue weighted by atomic mass is 10.2.